The second-order valence-corrected chi connectivity index (χ2v) is 7.98. The largest absolute Gasteiger partial charge is 0.332 e. The van der Waals surface area contributed by atoms with Crippen molar-refractivity contribution in [1.82, 2.24) is 23.9 Å². The van der Waals surface area contributed by atoms with E-state index in [0.29, 0.717) is 13.1 Å². The van der Waals surface area contributed by atoms with Gasteiger partial charge in [0.2, 0.25) is 5.91 Å². The number of nitrogens with zero attached hydrogens (tertiary/aromatic N) is 5. The Labute approximate surface area is 171 Å². The molecule has 1 atom stereocenters. The quantitative estimate of drug-likeness (QED) is 0.584. The third-order valence-electron chi connectivity index (χ3n) is 4.91. The third-order valence-corrected chi connectivity index (χ3v) is 5.71. The van der Waals surface area contributed by atoms with Gasteiger partial charge in [-0.05, 0) is 12.0 Å². The summed E-state index contributed by atoms with van der Waals surface area (Å²) >= 11 is 1.31. The third kappa shape index (κ3) is 4.34. The Morgan fingerprint density at radius 2 is 2.00 bits per heavy atom. The number of fused-ring (bicyclic) bond motifs is 1. The fourth-order valence-electron chi connectivity index (χ4n) is 3.53. The Kier molecular flexibility index (Phi) is 5.66. The molecule has 0 saturated carbocycles. The van der Waals surface area contributed by atoms with Crippen molar-refractivity contribution in [3.63, 3.8) is 0 Å². The van der Waals surface area contributed by atoms with Crippen LogP contribution in [0.1, 0.15) is 36.1 Å². The number of benzene rings is 1. The first-order valence-electron chi connectivity index (χ1n) is 9.43. The van der Waals surface area contributed by atoms with Crippen LogP contribution in [0, 0.1) is 0 Å². The predicted octanol–water partition coefficient (Wildman–Crippen LogP) is 3.94. The summed E-state index contributed by atoms with van der Waals surface area (Å²) in [6.07, 6.45) is 3.32. The monoisotopic (exact) mass is 417 g/mol. The highest BCUT2D eigenvalue weighted by Gasteiger charge is 2.31. The molecular formula is C20H21F2N5OS. The second kappa shape index (κ2) is 8.36. The normalized spacial score (nSPS) is 14.4. The first kappa shape index (κ1) is 19.6. The highest BCUT2D eigenvalue weighted by molar-refractivity contribution is 7.97. The molecular weight excluding hydrogens is 396 g/mol. The number of carbonyl (C=O) groups is 1. The second-order valence-electron chi connectivity index (χ2n) is 6.95. The van der Waals surface area contributed by atoms with E-state index in [2.05, 4.69) is 10.2 Å². The summed E-state index contributed by atoms with van der Waals surface area (Å²) in [6, 6.07) is 9.84. The van der Waals surface area contributed by atoms with E-state index in [4.69, 9.17) is 0 Å². The Bertz CT molecular complexity index is 964. The highest BCUT2D eigenvalue weighted by Crippen LogP contribution is 2.30. The van der Waals surface area contributed by atoms with Crippen molar-refractivity contribution in [2.75, 3.05) is 0 Å². The molecule has 3 heterocycles. The minimum Gasteiger partial charge on any atom is -0.332 e. The van der Waals surface area contributed by atoms with Gasteiger partial charge in [0.15, 0.2) is 0 Å². The van der Waals surface area contributed by atoms with E-state index >= 15 is 0 Å². The lowest BCUT2D eigenvalue weighted by Gasteiger charge is -2.22. The van der Waals surface area contributed by atoms with Crippen LogP contribution in [0.5, 0.6) is 0 Å². The fraction of sp³-hybridized carbons (Fsp3) is 0.350. The number of aromatic nitrogens is 4. The smallest absolute Gasteiger partial charge is 0.257 e. The van der Waals surface area contributed by atoms with Crippen LogP contribution in [-0.2, 0) is 24.4 Å². The average molecular weight is 417 g/mol. The van der Waals surface area contributed by atoms with Crippen LogP contribution < -0.4 is 0 Å². The standard InChI is InChI=1S/C20H21F2N5OS/c1-2-17(14-6-4-3-5-7-14)20(28)25-9-15-10-27(24-18(15)12-25)29-16-8-23-26(11-16)13-19(21)22/h3-8,10-11,17,19H,2,9,12-13H2,1H3. The van der Waals surface area contributed by atoms with E-state index in [1.807, 2.05) is 48.4 Å². The van der Waals surface area contributed by atoms with Crippen LogP contribution in [-0.4, -0.2) is 36.2 Å². The van der Waals surface area contributed by atoms with Crippen molar-refractivity contribution in [2.45, 2.75) is 50.2 Å². The molecule has 1 amide bonds. The van der Waals surface area contributed by atoms with Crippen molar-refractivity contribution in [2.24, 2.45) is 0 Å². The fourth-order valence-corrected chi connectivity index (χ4v) is 4.33. The highest BCUT2D eigenvalue weighted by atomic mass is 32.2. The Morgan fingerprint density at radius 3 is 2.69 bits per heavy atom. The van der Waals surface area contributed by atoms with E-state index in [0.717, 1.165) is 28.1 Å². The molecule has 1 aliphatic rings. The van der Waals surface area contributed by atoms with Gasteiger partial charge in [-0.1, -0.05) is 37.3 Å². The number of halogens is 2. The molecule has 152 valence electrons. The van der Waals surface area contributed by atoms with E-state index < -0.39 is 13.0 Å². The van der Waals surface area contributed by atoms with Crippen LogP contribution in [0.4, 0.5) is 8.78 Å². The summed E-state index contributed by atoms with van der Waals surface area (Å²) in [5, 5.41) is 8.48. The first-order chi connectivity index (χ1) is 14.0. The molecule has 0 fully saturated rings. The van der Waals surface area contributed by atoms with Gasteiger partial charge >= 0.3 is 0 Å². The molecule has 0 bridgehead atoms. The molecule has 0 N–H and O–H groups in total. The van der Waals surface area contributed by atoms with Crippen LogP contribution in [0.2, 0.25) is 0 Å². The van der Waals surface area contributed by atoms with Crippen molar-refractivity contribution >= 4 is 17.9 Å². The van der Waals surface area contributed by atoms with E-state index in [-0.39, 0.29) is 11.8 Å². The van der Waals surface area contributed by atoms with Gasteiger partial charge in [0.05, 0.1) is 29.2 Å². The minimum absolute atomic E-state index is 0.115. The molecule has 1 aromatic carbocycles. The van der Waals surface area contributed by atoms with Crippen molar-refractivity contribution in [1.29, 1.82) is 0 Å². The Morgan fingerprint density at radius 1 is 1.21 bits per heavy atom. The molecule has 1 aliphatic heterocycles. The number of amides is 1. The molecule has 9 heteroatoms. The Balaban J connectivity index is 1.40. The predicted molar refractivity (Wildman–Crippen MR) is 105 cm³/mol. The summed E-state index contributed by atoms with van der Waals surface area (Å²) in [4.78, 5) is 15.6. The van der Waals surface area contributed by atoms with Gasteiger partial charge in [-0.2, -0.15) is 10.2 Å². The lowest BCUT2D eigenvalue weighted by atomic mass is 9.95. The average Bonchev–Trinajstić information content (AvgIpc) is 3.38. The molecule has 0 radical (unpaired) electrons. The van der Waals surface area contributed by atoms with Crippen molar-refractivity contribution in [3.05, 3.63) is 65.7 Å². The molecule has 0 spiro atoms. The molecule has 6 nitrogen and oxygen atoms in total. The summed E-state index contributed by atoms with van der Waals surface area (Å²) in [5.41, 5.74) is 2.91. The molecule has 2 aromatic heterocycles. The maximum Gasteiger partial charge on any atom is 0.257 e. The van der Waals surface area contributed by atoms with E-state index in [1.165, 1.54) is 16.6 Å². The van der Waals surface area contributed by atoms with Crippen molar-refractivity contribution in [3.8, 4) is 0 Å². The summed E-state index contributed by atoms with van der Waals surface area (Å²) in [7, 11) is 0. The lowest BCUT2D eigenvalue weighted by molar-refractivity contribution is -0.133. The van der Waals surface area contributed by atoms with Crippen LogP contribution in [0.25, 0.3) is 0 Å². The summed E-state index contributed by atoms with van der Waals surface area (Å²) in [6.45, 7) is 2.61. The van der Waals surface area contributed by atoms with Crippen LogP contribution in [0.3, 0.4) is 0 Å². The maximum atomic E-state index is 13.0. The lowest BCUT2D eigenvalue weighted by Crippen LogP contribution is -2.31. The topological polar surface area (TPSA) is 56.0 Å². The minimum atomic E-state index is -2.44. The van der Waals surface area contributed by atoms with Gasteiger partial charge in [0, 0.05) is 36.4 Å². The SMILES string of the molecule is CCC(C(=O)N1Cc2cn(Sc3cnn(CC(F)F)c3)nc2C1)c1ccccc1. The number of alkyl halides is 2. The van der Waals surface area contributed by atoms with Crippen LogP contribution >= 0.6 is 11.9 Å². The maximum absolute atomic E-state index is 13.0. The number of hydrogen-bond acceptors (Lipinski definition) is 4. The molecule has 4 rings (SSSR count). The zero-order chi connectivity index (χ0) is 20.4. The number of rotatable bonds is 7. The number of hydrogen-bond donors (Lipinski definition) is 0. The van der Waals surface area contributed by atoms with Gasteiger partial charge in [0.1, 0.15) is 6.54 Å². The molecule has 1 unspecified atom stereocenters. The van der Waals surface area contributed by atoms with E-state index in [9.17, 15) is 13.6 Å². The Hall–Kier alpha value is -2.68. The van der Waals surface area contributed by atoms with Gasteiger partial charge in [-0.3, -0.25) is 9.48 Å². The number of carbonyl (C=O) groups excluding carboxylic acids is 1. The zero-order valence-electron chi connectivity index (χ0n) is 15.9. The zero-order valence-corrected chi connectivity index (χ0v) is 16.7. The van der Waals surface area contributed by atoms with E-state index in [1.54, 1.807) is 16.5 Å². The van der Waals surface area contributed by atoms with Gasteiger partial charge in [-0.25, -0.2) is 12.9 Å². The van der Waals surface area contributed by atoms with Gasteiger partial charge < -0.3 is 4.90 Å². The summed E-state index contributed by atoms with van der Waals surface area (Å²) < 4.78 is 27.8. The molecule has 29 heavy (non-hydrogen) atoms. The van der Waals surface area contributed by atoms with Crippen molar-refractivity contribution < 1.29 is 13.6 Å². The molecule has 0 saturated heterocycles. The first-order valence-corrected chi connectivity index (χ1v) is 10.2. The molecule has 3 aromatic rings. The van der Waals surface area contributed by atoms with Gasteiger partial charge in [-0.15, -0.1) is 0 Å². The van der Waals surface area contributed by atoms with Crippen LogP contribution in [0.15, 0.2) is 53.8 Å². The summed E-state index contributed by atoms with van der Waals surface area (Å²) in [5.74, 6) is -0.0356. The van der Waals surface area contributed by atoms with Gasteiger partial charge in [0.25, 0.3) is 6.43 Å². The molecule has 0 aliphatic carbocycles.